The predicted octanol–water partition coefficient (Wildman–Crippen LogP) is 9.22. The molecule has 7 aromatic rings. The van der Waals surface area contributed by atoms with Crippen molar-refractivity contribution >= 4 is 27.9 Å². The van der Waals surface area contributed by atoms with E-state index in [-0.39, 0.29) is 0 Å². The van der Waals surface area contributed by atoms with Gasteiger partial charge >= 0.3 is 0 Å². The molecule has 0 saturated carbocycles. The first-order valence-corrected chi connectivity index (χ1v) is 13.1. The summed E-state index contributed by atoms with van der Waals surface area (Å²) in [4.78, 5) is 9.99. The van der Waals surface area contributed by atoms with E-state index in [0.717, 1.165) is 50.4 Å². The number of benzene rings is 5. The number of hydrogen-bond acceptors (Lipinski definition) is 2. The van der Waals surface area contributed by atoms with Crippen molar-refractivity contribution in [1.29, 1.82) is 0 Å². The molecule has 0 atom stereocenters. The van der Waals surface area contributed by atoms with Crippen LogP contribution < -0.4 is 0 Å². The second-order valence-electron chi connectivity index (χ2n) is 9.54. The molecule has 0 aliphatic rings. The minimum absolute atomic E-state index is 0.713. The quantitative estimate of drug-likeness (QED) is 0.236. The van der Waals surface area contributed by atoms with Gasteiger partial charge in [0.05, 0.1) is 22.4 Å². The van der Waals surface area contributed by atoms with Crippen LogP contribution in [0.25, 0.3) is 67.5 Å². The molecule has 0 aliphatic heterocycles. The normalized spacial score (nSPS) is 11.2. The Hall–Kier alpha value is -5.28. The van der Waals surface area contributed by atoms with Crippen LogP contribution in [-0.2, 0) is 0 Å². The van der Waals surface area contributed by atoms with Crippen LogP contribution in [0.3, 0.4) is 0 Å². The molecule has 0 fully saturated rings. The van der Waals surface area contributed by atoms with Crippen molar-refractivity contribution in [2.24, 2.45) is 0 Å². The van der Waals surface area contributed by atoms with Gasteiger partial charge in [-0.1, -0.05) is 116 Å². The Morgan fingerprint density at radius 1 is 0.538 bits per heavy atom. The zero-order valence-electron chi connectivity index (χ0n) is 21.3. The summed E-state index contributed by atoms with van der Waals surface area (Å²) in [6, 6.07) is 46.1. The summed E-state index contributed by atoms with van der Waals surface area (Å²) in [5, 5.41) is 2.43. The number of aromatic nitrogens is 3. The first-order valence-electron chi connectivity index (χ1n) is 13.1. The third-order valence-corrected chi connectivity index (χ3v) is 7.18. The predicted molar refractivity (Wildman–Crippen MR) is 163 cm³/mol. The molecule has 0 N–H and O–H groups in total. The summed E-state index contributed by atoms with van der Waals surface area (Å²) in [6.07, 6.45) is 1.94. The van der Waals surface area contributed by atoms with E-state index in [0.29, 0.717) is 5.82 Å². The van der Waals surface area contributed by atoms with E-state index in [1.807, 2.05) is 42.5 Å². The van der Waals surface area contributed by atoms with Gasteiger partial charge in [-0.05, 0) is 35.9 Å². The fraction of sp³-hybridized carbons (Fsp3) is 0. The molecule has 0 radical (unpaired) electrons. The van der Waals surface area contributed by atoms with Crippen LogP contribution in [0.15, 0.2) is 140 Å². The van der Waals surface area contributed by atoms with Gasteiger partial charge in [-0.25, -0.2) is 9.97 Å². The summed E-state index contributed by atoms with van der Waals surface area (Å²) in [7, 11) is 0. The van der Waals surface area contributed by atoms with Gasteiger partial charge in [-0.2, -0.15) is 0 Å². The van der Waals surface area contributed by atoms with Crippen LogP contribution in [0.2, 0.25) is 0 Å². The first kappa shape index (κ1) is 22.9. The molecule has 184 valence electrons. The number of nitrogens with zero attached hydrogens (tertiary/aromatic N) is 3. The van der Waals surface area contributed by atoms with Crippen molar-refractivity contribution in [3.05, 3.63) is 146 Å². The zero-order valence-corrected chi connectivity index (χ0v) is 21.3. The molecular formula is C36H25N3. The second kappa shape index (κ2) is 9.55. The lowest BCUT2D eigenvalue weighted by Crippen LogP contribution is -1.97. The smallest absolute Gasteiger partial charge is 0.160 e. The molecule has 0 aliphatic carbocycles. The van der Waals surface area contributed by atoms with Crippen LogP contribution in [0.4, 0.5) is 0 Å². The van der Waals surface area contributed by atoms with Gasteiger partial charge < -0.3 is 4.57 Å². The van der Waals surface area contributed by atoms with Crippen LogP contribution in [0.1, 0.15) is 5.56 Å². The number of rotatable bonds is 5. The average molecular weight is 500 g/mol. The number of para-hydroxylation sites is 1. The number of fused-ring (bicyclic) bond motifs is 3. The number of hydrogen-bond donors (Lipinski definition) is 0. The van der Waals surface area contributed by atoms with E-state index in [4.69, 9.17) is 9.97 Å². The molecular weight excluding hydrogens is 474 g/mol. The highest BCUT2D eigenvalue weighted by atomic mass is 15.0. The van der Waals surface area contributed by atoms with E-state index in [1.165, 1.54) is 10.8 Å². The van der Waals surface area contributed by atoms with E-state index in [2.05, 4.69) is 108 Å². The summed E-state index contributed by atoms with van der Waals surface area (Å²) >= 11 is 0. The lowest BCUT2D eigenvalue weighted by atomic mass is 10.1. The molecule has 0 unspecified atom stereocenters. The van der Waals surface area contributed by atoms with Gasteiger partial charge in [0.1, 0.15) is 0 Å². The second-order valence-corrected chi connectivity index (χ2v) is 9.54. The summed E-state index contributed by atoms with van der Waals surface area (Å²) in [5.74, 6) is 0.713. The minimum atomic E-state index is 0.713. The largest absolute Gasteiger partial charge is 0.309 e. The highest BCUT2D eigenvalue weighted by molar-refractivity contribution is 6.12. The molecule has 0 spiro atoms. The minimum Gasteiger partial charge on any atom is -0.309 e. The molecule has 0 saturated heterocycles. The maximum absolute atomic E-state index is 5.04. The molecule has 2 heterocycles. The van der Waals surface area contributed by atoms with Crippen molar-refractivity contribution in [2.75, 3.05) is 0 Å². The summed E-state index contributed by atoms with van der Waals surface area (Å²) < 4.78 is 2.33. The van der Waals surface area contributed by atoms with E-state index in [1.54, 1.807) is 0 Å². The topological polar surface area (TPSA) is 30.7 Å². The lowest BCUT2D eigenvalue weighted by molar-refractivity contribution is 1.16. The molecule has 5 aromatic carbocycles. The van der Waals surface area contributed by atoms with Crippen molar-refractivity contribution in [3.8, 4) is 39.6 Å². The first-order chi connectivity index (χ1) is 19.3. The van der Waals surface area contributed by atoms with Crippen molar-refractivity contribution in [1.82, 2.24) is 14.5 Å². The zero-order chi connectivity index (χ0) is 26.2. The fourth-order valence-electron chi connectivity index (χ4n) is 5.37. The van der Waals surface area contributed by atoms with E-state index >= 15 is 0 Å². The van der Waals surface area contributed by atoms with Gasteiger partial charge in [0.15, 0.2) is 5.82 Å². The molecule has 3 heteroatoms. The van der Waals surface area contributed by atoms with Crippen LogP contribution in [-0.4, -0.2) is 14.5 Å². The maximum atomic E-state index is 5.04. The monoisotopic (exact) mass is 499 g/mol. The van der Waals surface area contributed by atoms with Crippen molar-refractivity contribution < 1.29 is 0 Å². The summed E-state index contributed by atoms with van der Waals surface area (Å²) in [5.41, 5.74) is 9.42. The highest BCUT2D eigenvalue weighted by Crippen LogP contribution is 2.36. The van der Waals surface area contributed by atoms with Crippen LogP contribution in [0, 0.1) is 0 Å². The third kappa shape index (κ3) is 4.01. The molecule has 2 aromatic heterocycles. The fourth-order valence-corrected chi connectivity index (χ4v) is 5.37. The Labute approximate surface area is 227 Å². The van der Waals surface area contributed by atoms with Gasteiger partial charge in [-0.15, -0.1) is 0 Å². The van der Waals surface area contributed by atoms with Crippen molar-refractivity contribution in [2.45, 2.75) is 0 Å². The Morgan fingerprint density at radius 3 is 1.92 bits per heavy atom. The molecule has 0 bridgehead atoms. The highest BCUT2D eigenvalue weighted by Gasteiger charge is 2.15. The molecule has 7 rings (SSSR count). The molecule has 39 heavy (non-hydrogen) atoms. The van der Waals surface area contributed by atoms with Crippen LogP contribution >= 0.6 is 0 Å². The average Bonchev–Trinajstić information content (AvgIpc) is 3.36. The SMILES string of the molecule is C=Cc1cccc2c1c1ccccc1n2-c1cccc(-c2cc(-c3ccccc3)nc(-c3ccccc3)n2)c1. The van der Waals surface area contributed by atoms with E-state index in [9.17, 15) is 0 Å². The standard InChI is InChI=1S/C36H25N3/c1-2-25-17-12-22-34-35(25)30-20-9-10-21-33(30)39(34)29-19-11-18-28(23-29)32-24-31(26-13-5-3-6-14-26)37-36(38-32)27-15-7-4-8-16-27/h2-24H,1H2. The molecule has 0 amide bonds. The van der Waals surface area contributed by atoms with E-state index < -0.39 is 0 Å². The maximum Gasteiger partial charge on any atom is 0.160 e. The van der Waals surface area contributed by atoms with Gasteiger partial charge in [0.25, 0.3) is 0 Å². The summed E-state index contributed by atoms with van der Waals surface area (Å²) in [6.45, 7) is 4.07. The van der Waals surface area contributed by atoms with Gasteiger partial charge in [0, 0.05) is 33.2 Å². The Morgan fingerprint density at radius 2 is 1.15 bits per heavy atom. The lowest BCUT2D eigenvalue weighted by Gasteiger charge is -2.12. The van der Waals surface area contributed by atoms with Crippen LogP contribution in [0.5, 0.6) is 0 Å². The van der Waals surface area contributed by atoms with Gasteiger partial charge in [-0.3, -0.25) is 0 Å². The Bertz CT molecular complexity index is 1910. The Balaban J connectivity index is 1.45. The molecule has 3 nitrogen and oxygen atoms in total. The van der Waals surface area contributed by atoms with Gasteiger partial charge in [0.2, 0.25) is 0 Å². The van der Waals surface area contributed by atoms with Crippen molar-refractivity contribution in [3.63, 3.8) is 0 Å². The third-order valence-electron chi connectivity index (χ3n) is 7.18. The Kier molecular flexibility index (Phi) is 5.60.